The highest BCUT2D eigenvalue weighted by Crippen LogP contribution is 2.19. The Morgan fingerprint density at radius 1 is 1.25 bits per heavy atom. The van der Waals surface area contributed by atoms with Gasteiger partial charge in [0.1, 0.15) is 5.82 Å². The fraction of sp³-hybridized carbons (Fsp3) is 0.312. The van der Waals surface area contributed by atoms with Gasteiger partial charge in [0.05, 0.1) is 11.4 Å². The minimum atomic E-state index is -0.440. The molecule has 0 bridgehead atoms. The molecule has 1 aromatic heterocycles. The van der Waals surface area contributed by atoms with E-state index in [9.17, 15) is 14.0 Å². The highest BCUT2D eigenvalue weighted by atomic mass is 32.1. The summed E-state index contributed by atoms with van der Waals surface area (Å²) >= 11 is 1.30. The zero-order chi connectivity index (χ0) is 17.4. The number of hydrogen-bond acceptors (Lipinski definition) is 5. The minimum Gasteiger partial charge on any atom is -0.397 e. The molecular formula is C16H19FN4O2S. The third-order valence-electron chi connectivity index (χ3n) is 3.28. The Hall–Kier alpha value is -2.48. The van der Waals surface area contributed by atoms with Crippen LogP contribution in [-0.2, 0) is 4.79 Å². The predicted molar refractivity (Wildman–Crippen MR) is 92.4 cm³/mol. The molecule has 2 amide bonds. The number of unbranched alkanes of at least 4 members (excludes halogenated alkanes) is 2. The van der Waals surface area contributed by atoms with Crippen molar-refractivity contribution >= 4 is 34.5 Å². The molecule has 8 heteroatoms. The summed E-state index contributed by atoms with van der Waals surface area (Å²) in [7, 11) is 0. The van der Waals surface area contributed by atoms with Crippen LogP contribution in [-0.4, -0.2) is 23.3 Å². The van der Waals surface area contributed by atoms with Gasteiger partial charge in [0, 0.05) is 24.5 Å². The van der Waals surface area contributed by atoms with Gasteiger partial charge in [-0.25, -0.2) is 9.37 Å². The highest BCUT2D eigenvalue weighted by molar-refractivity contribution is 7.11. The number of aromatic nitrogens is 1. The van der Waals surface area contributed by atoms with Crippen LogP contribution in [0.4, 0.5) is 15.8 Å². The van der Waals surface area contributed by atoms with E-state index >= 15 is 0 Å². The standard InChI is InChI=1S/C16H19FN4O2S/c17-11-5-6-13(12(18)10-11)21-14(22)4-2-1-3-7-19-15(23)16-20-8-9-24-16/h5-6,8-10H,1-4,7,18H2,(H,19,23)(H,21,22). The van der Waals surface area contributed by atoms with Gasteiger partial charge >= 0.3 is 0 Å². The van der Waals surface area contributed by atoms with E-state index in [4.69, 9.17) is 5.73 Å². The molecule has 2 aromatic rings. The zero-order valence-electron chi connectivity index (χ0n) is 13.0. The quantitative estimate of drug-likeness (QED) is 0.504. The van der Waals surface area contributed by atoms with Gasteiger partial charge in [-0.3, -0.25) is 9.59 Å². The summed E-state index contributed by atoms with van der Waals surface area (Å²) in [5.41, 5.74) is 6.25. The second-order valence-corrected chi connectivity index (χ2v) is 6.08. The summed E-state index contributed by atoms with van der Waals surface area (Å²) in [5.74, 6) is -0.778. The van der Waals surface area contributed by atoms with Gasteiger partial charge in [0.2, 0.25) is 5.91 Å². The van der Waals surface area contributed by atoms with Crippen LogP contribution in [0.1, 0.15) is 35.5 Å². The van der Waals surface area contributed by atoms with E-state index in [1.54, 1.807) is 11.6 Å². The van der Waals surface area contributed by atoms with Crippen LogP contribution in [0.25, 0.3) is 0 Å². The van der Waals surface area contributed by atoms with Crippen molar-refractivity contribution in [3.8, 4) is 0 Å². The predicted octanol–water partition coefficient (Wildman–Crippen LogP) is 2.79. The van der Waals surface area contributed by atoms with Crippen molar-refractivity contribution in [1.82, 2.24) is 10.3 Å². The Bertz CT molecular complexity index is 691. The van der Waals surface area contributed by atoms with E-state index in [0.717, 1.165) is 12.8 Å². The van der Waals surface area contributed by atoms with Crippen molar-refractivity contribution in [2.75, 3.05) is 17.6 Å². The van der Waals surface area contributed by atoms with Crippen LogP contribution >= 0.6 is 11.3 Å². The Labute approximate surface area is 143 Å². The number of rotatable bonds is 8. The van der Waals surface area contributed by atoms with Crippen molar-refractivity contribution in [3.63, 3.8) is 0 Å². The maximum absolute atomic E-state index is 12.9. The van der Waals surface area contributed by atoms with Gasteiger partial charge in [-0.15, -0.1) is 11.3 Å². The molecule has 4 N–H and O–H groups in total. The van der Waals surface area contributed by atoms with Crippen LogP contribution < -0.4 is 16.4 Å². The van der Waals surface area contributed by atoms with Crippen molar-refractivity contribution in [2.45, 2.75) is 25.7 Å². The summed E-state index contributed by atoms with van der Waals surface area (Å²) < 4.78 is 12.9. The average Bonchev–Trinajstić information content (AvgIpc) is 3.08. The molecule has 128 valence electrons. The van der Waals surface area contributed by atoms with E-state index < -0.39 is 5.82 Å². The topological polar surface area (TPSA) is 97.1 Å². The van der Waals surface area contributed by atoms with Gasteiger partial charge < -0.3 is 16.4 Å². The number of nitrogens with one attached hydrogen (secondary N) is 2. The first-order chi connectivity index (χ1) is 11.6. The molecule has 0 radical (unpaired) electrons. The molecule has 1 heterocycles. The minimum absolute atomic E-state index is 0.167. The second kappa shape index (κ2) is 8.97. The van der Waals surface area contributed by atoms with Gasteiger partial charge in [-0.05, 0) is 31.0 Å². The van der Waals surface area contributed by atoms with Crippen LogP contribution in [0.2, 0.25) is 0 Å². The molecule has 1 aromatic carbocycles. The fourth-order valence-corrected chi connectivity index (χ4v) is 2.61. The number of halogens is 1. The average molecular weight is 350 g/mol. The Morgan fingerprint density at radius 3 is 2.79 bits per heavy atom. The number of thiazole rings is 1. The molecule has 24 heavy (non-hydrogen) atoms. The van der Waals surface area contributed by atoms with Gasteiger partial charge in [-0.2, -0.15) is 0 Å². The van der Waals surface area contributed by atoms with Crippen LogP contribution in [0.15, 0.2) is 29.8 Å². The first-order valence-corrected chi connectivity index (χ1v) is 8.47. The van der Waals surface area contributed by atoms with Crippen molar-refractivity contribution in [3.05, 3.63) is 40.6 Å². The normalized spacial score (nSPS) is 10.4. The molecule has 0 spiro atoms. The molecule has 0 atom stereocenters. The number of anilines is 2. The molecule has 0 aliphatic carbocycles. The summed E-state index contributed by atoms with van der Waals surface area (Å²) in [4.78, 5) is 27.4. The lowest BCUT2D eigenvalue weighted by atomic mass is 10.2. The highest BCUT2D eigenvalue weighted by Gasteiger charge is 2.08. The molecule has 0 fully saturated rings. The van der Waals surface area contributed by atoms with Crippen molar-refractivity contribution in [1.29, 1.82) is 0 Å². The largest absolute Gasteiger partial charge is 0.397 e. The molecule has 0 aliphatic heterocycles. The van der Waals surface area contributed by atoms with Crippen LogP contribution in [0.3, 0.4) is 0 Å². The lowest BCUT2D eigenvalue weighted by Gasteiger charge is -2.08. The SMILES string of the molecule is Nc1cc(F)ccc1NC(=O)CCCCCNC(=O)c1nccs1. The number of nitrogens with two attached hydrogens (primary N) is 1. The lowest BCUT2D eigenvalue weighted by Crippen LogP contribution is -2.24. The third kappa shape index (κ3) is 5.62. The number of benzene rings is 1. The number of carbonyl (C=O) groups is 2. The Kier molecular flexibility index (Phi) is 6.68. The summed E-state index contributed by atoms with van der Waals surface area (Å²) in [6.45, 7) is 0.547. The number of nitrogens with zero attached hydrogens (tertiary/aromatic N) is 1. The van der Waals surface area contributed by atoms with Crippen LogP contribution in [0.5, 0.6) is 0 Å². The molecule has 0 saturated carbocycles. The van der Waals surface area contributed by atoms with Gasteiger partial charge in [0.15, 0.2) is 5.01 Å². The Balaban J connectivity index is 1.58. The number of hydrogen-bond donors (Lipinski definition) is 3. The van der Waals surface area contributed by atoms with E-state index in [1.807, 2.05) is 0 Å². The summed E-state index contributed by atoms with van der Waals surface area (Å²) in [6.07, 6.45) is 4.22. The summed E-state index contributed by atoms with van der Waals surface area (Å²) in [5, 5.41) is 7.64. The van der Waals surface area contributed by atoms with E-state index in [1.165, 1.54) is 29.5 Å². The zero-order valence-corrected chi connectivity index (χ0v) is 13.9. The number of nitrogen functional groups attached to an aromatic ring is 1. The molecule has 6 nitrogen and oxygen atoms in total. The third-order valence-corrected chi connectivity index (χ3v) is 4.05. The van der Waals surface area contributed by atoms with Crippen molar-refractivity contribution in [2.24, 2.45) is 0 Å². The van der Waals surface area contributed by atoms with E-state index in [0.29, 0.717) is 30.1 Å². The monoisotopic (exact) mass is 350 g/mol. The molecule has 0 unspecified atom stereocenters. The summed E-state index contributed by atoms with van der Waals surface area (Å²) in [6, 6.07) is 3.86. The molecule has 2 rings (SSSR count). The molecular weight excluding hydrogens is 331 g/mol. The first-order valence-electron chi connectivity index (χ1n) is 7.59. The molecule has 0 aliphatic rings. The Morgan fingerprint density at radius 2 is 2.08 bits per heavy atom. The lowest BCUT2D eigenvalue weighted by molar-refractivity contribution is -0.116. The maximum Gasteiger partial charge on any atom is 0.280 e. The second-order valence-electron chi connectivity index (χ2n) is 5.18. The molecule has 0 saturated heterocycles. The van der Waals surface area contributed by atoms with Gasteiger partial charge in [-0.1, -0.05) is 6.42 Å². The van der Waals surface area contributed by atoms with E-state index in [-0.39, 0.29) is 17.5 Å². The number of carbonyl (C=O) groups excluding carboxylic acids is 2. The maximum atomic E-state index is 12.9. The first kappa shape index (κ1) is 17.9. The fourth-order valence-electron chi connectivity index (χ4n) is 2.06. The van der Waals surface area contributed by atoms with Crippen molar-refractivity contribution < 1.29 is 14.0 Å². The number of amides is 2. The van der Waals surface area contributed by atoms with E-state index in [2.05, 4.69) is 15.6 Å². The van der Waals surface area contributed by atoms with Gasteiger partial charge in [0.25, 0.3) is 5.91 Å². The van der Waals surface area contributed by atoms with Crippen LogP contribution in [0, 0.1) is 5.82 Å². The smallest absolute Gasteiger partial charge is 0.280 e.